The van der Waals surface area contributed by atoms with Crippen molar-refractivity contribution in [2.24, 2.45) is 0 Å². The van der Waals surface area contributed by atoms with Gasteiger partial charge in [-0.25, -0.2) is 0 Å². The van der Waals surface area contributed by atoms with E-state index < -0.39 is 0 Å². The van der Waals surface area contributed by atoms with Gasteiger partial charge in [0.2, 0.25) is 0 Å². The molecule has 78 valence electrons. The van der Waals surface area contributed by atoms with Crippen LogP contribution in [0.5, 0.6) is 0 Å². The van der Waals surface area contributed by atoms with Crippen LogP contribution in [0, 0.1) is 0 Å². The Morgan fingerprint density at radius 2 is 2.27 bits per heavy atom. The van der Waals surface area contributed by atoms with E-state index in [0.29, 0.717) is 5.56 Å². The topological polar surface area (TPSA) is 34.9 Å². The number of fused-ring (bicyclic) bond motifs is 1. The first-order chi connectivity index (χ1) is 7.13. The molecule has 3 nitrogen and oxygen atoms in total. The summed E-state index contributed by atoms with van der Waals surface area (Å²) in [7, 11) is 0. The van der Waals surface area contributed by atoms with Crippen molar-refractivity contribution >= 4 is 32.6 Å². The first kappa shape index (κ1) is 10.4. The minimum Gasteiger partial charge on any atom is -0.295 e. The second-order valence-electron chi connectivity index (χ2n) is 3.39. The highest BCUT2D eigenvalue weighted by Gasteiger charge is 2.09. The lowest BCUT2D eigenvalue weighted by Crippen LogP contribution is -1.95. The van der Waals surface area contributed by atoms with Crippen LogP contribution in [0.2, 0.25) is 0 Å². The average molecular weight is 267 g/mol. The molecule has 0 atom stereocenters. The monoisotopic (exact) mass is 266 g/mol. The highest BCUT2D eigenvalue weighted by atomic mass is 79.9. The summed E-state index contributed by atoms with van der Waals surface area (Å²) in [4.78, 5) is 11.2. The maximum Gasteiger partial charge on any atom is 0.159 e. The van der Waals surface area contributed by atoms with Crippen LogP contribution >= 0.6 is 15.9 Å². The van der Waals surface area contributed by atoms with E-state index in [2.05, 4.69) is 21.0 Å². The lowest BCUT2D eigenvalue weighted by molar-refractivity contribution is 0.101. The number of nitrogens with zero attached hydrogens (tertiary/aromatic N) is 2. The van der Waals surface area contributed by atoms with Crippen LogP contribution < -0.4 is 0 Å². The van der Waals surface area contributed by atoms with E-state index in [-0.39, 0.29) is 5.78 Å². The summed E-state index contributed by atoms with van der Waals surface area (Å²) in [5.41, 5.74) is 1.56. The smallest absolute Gasteiger partial charge is 0.159 e. The zero-order chi connectivity index (χ0) is 11.0. The summed E-state index contributed by atoms with van der Waals surface area (Å²) in [5.74, 6) is 0.0686. The fraction of sp³-hybridized carbons (Fsp3) is 0.273. The van der Waals surface area contributed by atoms with Gasteiger partial charge in [0.15, 0.2) is 5.78 Å². The molecule has 0 N–H and O–H groups in total. The summed E-state index contributed by atoms with van der Waals surface area (Å²) < 4.78 is 2.84. The maximum atomic E-state index is 11.2. The molecule has 0 aliphatic heterocycles. The van der Waals surface area contributed by atoms with Crippen LogP contribution in [0.1, 0.15) is 24.2 Å². The van der Waals surface area contributed by atoms with Crippen LogP contribution in [-0.2, 0) is 6.54 Å². The molecule has 1 heterocycles. The molecule has 0 aliphatic rings. The number of rotatable bonds is 2. The number of ketones is 1. The fourth-order valence-corrected chi connectivity index (χ4v) is 2.20. The van der Waals surface area contributed by atoms with Crippen molar-refractivity contribution in [2.45, 2.75) is 20.4 Å². The lowest BCUT2D eigenvalue weighted by atomic mass is 10.1. The Hall–Kier alpha value is -1.16. The average Bonchev–Trinajstić information content (AvgIpc) is 2.55. The molecule has 0 radical (unpaired) electrons. The number of aromatic nitrogens is 2. The van der Waals surface area contributed by atoms with E-state index in [9.17, 15) is 4.79 Å². The van der Waals surface area contributed by atoms with Gasteiger partial charge in [-0.05, 0) is 41.9 Å². The first-order valence-electron chi connectivity index (χ1n) is 4.80. The van der Waals surface area contributed by atoms with Crippen LogP contribution in [0.25, 0.3) is 10.9 Å². The van der Waals surface area contributed by atoms with E-state index in [1.165, 1.54) is 0 Å². The highest BCUT2D eigenvalue weighted by molar-refractivity contribution is 9.10. The standard InChI is InChI=1S/C11H11BrN2O/c1-3-14-11(12)9-5-4-8(7(2)15)6-10(9)13-14/h4-6H,3H2,1-2H3. The fourth-order valence-electron chi connectivity index (χ4n) is 1.53. The number of benzene rings is 1. The number of halogens is 1. The minimum absolute atomic E-state index is 0.0686. The first-order valence-corrected chi connectivity index (χ1v) is 5.59. The van der Waals surface area contributed by atoms with Crippen molar-refractivity contribution in [3.8, 4) is 0 Å². The Morgan fingerprint density at radius 3 is 2.87 bits per heavy atom. The molecule has 0 bridgehead atoms. The van der Waals surface area contributed by atoms with Gasteiger partial charge in [0, 0.05) is 17.5 Å². The molecule has 4 heteroatoms. The van der Waals surface area contributed by atoms with Gasteiger partial charge in [0.05, 0.1) is 5.52 Å². The summed E-state index contributed by atoms with van der Waals surface area (Å²) in [6.45, 7) is 4.40. The molecule has 0 unspecified atom stereocenters. The second kappa shape index (κ2) is 3.77. The summed E-state index contributed by atoms with van der Waals surface area (Å²) in [6.07, 6.45) is 0. The van der Waals surface area contributed by atoms with Crippen molar-refractivity contribution in [3.63, 3.8) is 0 Å². The lowest BCUT2D eigenvalue weighted by Gasteiger charge is -1.94. The third-order valence-electron chi connectivity index (χ3n) is 2.38. The predicted molar refractivity (Wildman–Crippen MR) is 63.1 cm³/mol. The Kier molecular flexibility index (Phi) is 2.61. The molecule has 0 saturated carbocycles. The third-order valence-corrected chi connectivity index (χ3v) is 3.22. The molecule has 0 amide bonds. The van der Waals surface area contributed by atoms with E-state index in [4.69, 9.17) is 0 Å². The molecule has 0 aliphatic carbocycles. The van der Waals surface area contributed by atoms with Gasteiger partial charge in [-0.3, -0.25) is 9.48 Å². The Labute approximate surface area is 96.2 Å². The van der Waals surface area contributed by atoms with Crippen LogP contribution in [0.3, 0.4) is 0 Å². The van der Waals surface area contributed by atoms with Crippen molar-refractivity contribution in [1.82, 2.24) is 9.78 Å². The van der Waals surface area contributed by atoms with E-state index in [1.807, 2.05) is 29.8 Å². The largest absolute Gasteiger partial charge is 0.295 e. The molecule has 2 aromatic rings. The quantitative estimate of drug-likeness (QED) is 0.784. The summed E-state index contributed by atoms with van der Waals surface area (Å²) >= 11 is 3.49. The van der Waals surface area contributed by atoms with Gasteiger partial charge >= 0.3 is 0 Å². The van der Waals surface area contributed by atoms with Crippen LogP contribution in [-0.4, -0.2) is 15.6 Å². The van der Waals surface area contributed by atoms with E-state index >= 15 is 0 Å². The van der Waals surface area contributed by atoms with Gasteiger partial charge in [0.1, 0.15) is 4.60 Å². The molecule has 15 heavy (non-hydrogen) atoms. The number of hydrogen-bond donors (Lipinski definition) is 0. The SMILES string of the molecule is CCn1nc2cc(C(C)=O)ccc2c1Br. The number of aryl methyl sites for hydroxylation is 1. The molecule has 0 saturated heterocycles. The summed E-state index contributed by atoms with van der Waals surface area (Å²) in [5, 5.41) is 5.43. The van der Waals surface area contributed by atoms with Crippen molar-refractivity contribution in [1.29, 1.82) is 0 Å². The highest BCUT2D eigenvalue weighted by Crippen LogP contribution is 2.24. The molecule has 2 rings (SSSR count). The number of carbonyl (C=O) groups excluding carboxylic acids is 1. The zero-order valence-electron chi connectivity index (χ0n) is 8.62. The molecular weight excluding hydrogens is 256 g/mol. The Bertz CT molecular complexity index is 531. The van der Waals surface area contributed by atoms with E-state index in [1.54, 1.807) is 6.92 Å². The molecule has 1 aromatic carbocycles. The van der Waals surface area contributed by atoms with Crippen LogP contribution in [0.15, 0.2) is 22.8 Å². The van der Waals surface area contributed by atoms with Crippen LogP contribution in [0.4, 0.5) is 0 Å². The predicted octanol–water partition coefficient (Wildman–Crippen LogP) is 3.02. The number of carbonyl (C=O) groups is 1. The normalized spacial score (nSPS) is 10.9. The number of hydrogen-bond acceptors (Lipinski definition) is 2. The molecule has 0 spiro atoms. The summed E-state index contributed by atoms with van der Waals surface area (Å²) in [6, 6.07) is 5.58. The number of Topliss-reactive ketones (excluding diaryl/α,β-unsaturated/α-hetero) is 1. The van der Waals surface area contributed by atoms with Crippen molar-refractivity contribution in [3.05, 3.63) is 28.4 Å². The zero-order valence-corrected chi connectivity index (χ0v) is 10.2. The van der Waals surface area contributed by atoms with Gasteiger partial charge in [0.25, 0.3) is 0 Å². The maximum absolute atomic E-state index is 11.2. The Morgan fingerprint density at radius 1 is 1.53 bits per heavy atom. The van der Waals surface area contributed by atoms with Gasteiger partial charge in [-0.1, -0.05) is 6.07 Å². The second-order valence-corrected chi connectivity index (χ2v) is 4.15. The molecule has 0 fully saturated rings. The third kappa shape index (κ3) is 1.69. The molecular formula is C11H11BrN2O. The van der Waals surface area contributed by atoms with Crippen molar-refractivity contribution in [2.75, 3.05) is 0 Å². The molecule has 1 aromatic heterocycles. The van der Waals surface area contributed by atoms with Gasteiger partial charge < -0.3 is 0 Å². The van der Waals surface area contributed by atoms with E-state index in [0.717, 1.165) is 22.1 Å². The van der Waals surface area contributed by atoms with Gasteiger partial charge in [-0.2, -0.15) is 5.10 Å². The van der Waals surface area contributed by atoms with Crippen molar-refractivity contribution < 1.29 is 4.79 Å². The van der Waals surface area contributed by atoms with Gasteiger partial charge in [-0.15, -0.1) is 0 Å². The Balaban J connectivity index is 2.68. The minimum atomic E-state index is 0.0686.